The van der Waals surface area contributed by atoms with E-state index < -0.39 is 0 Å². The molecule has 2 heterocycles. The Morgan fingerprint density at radius 1 is 1.00 bits per heavy atom. The number of rotatable bonds is 5. The average molecular weight is 413 g/mol. The highest BCUT2D eigenvalue weighted by molar-refractivity contribution is 6.02. The second-order valence-corrected chi connectivity index (χ2v) is 8.55. The molecule has 5 rings (SSSR count). The minimum absolute atomic E-state index is 0.0613. The van der Waals surface area contributed by atoms with Gasteiger partial charge in [0.1, 0.15) is 5.82 Å². The summed E-state index contributed by atoms with van der Waals surface area (Å²) < 4.78 is 2.35. The summed E-state index contributed by atoms with van der Waals surface area (Å²) in [5, 5.41) is 5.34. The summed E-state index contributed by atoms with van der Waals surface area (Å²) in [6.45, 7) is 5.46. The molecule has 3 aromatic carbocycles. The second kappa shape index (κ2) is 8.52. The molecule has 0 spiro atoms. The molecule has 5 nitrogen and oxygen atoms in total. The van der Waals surface area contributed by atoms with E-state index in [9.17, 15) is 4.79 Å². The number of nitrogens with one attached hydrogen (secondary N) is 1. The molecule has 1 amide bonds. The van der Waals surface area contributed by atoms with Crippen molar-refractivity contribution in [2.45, 2.75) is 26.3 Å². The summed E-state index contributed by atoms with van der Waals surface area (Å²) in [4.78, 5) is 19.7. The van der Waals surface area contributed by atoms with Gasteiger partial charge in [0.15, 0.2) is 0 Å². The Bertz CT molecular complexity index is 1220. The van der Waals surface area contributed by atoms with Crippen molar-refractivity contribution in [1.29, 1.82) is 0 Å². The Kier molecular flexibility index (Phi) is 5.43. The third-order valence-corrected chi connectivity index (χ3v) is 6.42. The van der Waals surface area contributed by atoms with Crippen molar-refractivity contribution >= 4 is 33.4 Å². The standard InChI is InChI=1S/C26H28N4O/c1-19-27-24-10-4-5-12-25(24)30(19)17-20-13-15-29(16-14-20)18-26(31)28-23-11-6-8-21-7-2-3-9-22(21)23/h2-12,20H,13-18H2,1H3,(H,28,31). The fraction of sp³-hybridized carbons (Fsp3) is 0.308. The van der Waals surface area contributed by atoms with Crippen molar-refractivity contribution in [2.75, 3.05) is 25.0 Å². The van der Waals surface area contributed by atoms with Crippen molar-refractivity contribution in [3.8, 4) is 0 Å². The molecular formula is C26H28N4O. The van der Waals surface area contributed by atoms with Crippen LogP contribution in [-0.2, 0) is 11.3 Å². The number of piperidine rings is 1. The number of amides is 1. The fourth-order valence-corrected chi connectivity index (χ4v) is 4.74. The van der Waals surface area contributed by atoms with Gasteiger partial charge in [-0.3, -0.25) is 9.69 Å². The Balaban J connectivity index is 1.17. The molecule has 0 bridgehead atoms. The van der Waals surface area contributed by atoms with Gasteiger partial charge in [0.2, 0.25) is 5.91 Å². The van der Waals surface area contributed by atoms with E-state index in [-0.39, 0.29) is 5.91 Å². The highest BCUT2D eigenvalue weighted by Crippen LogP contribution is 2.25. The molecule has 1 aliphatic rings. The third-order valence-electron chi connectivity index (χ3n) is 6.42. The lowest BCUT2D eigenvalue weighted by atomic mass is 9.96. The van der Waals surface area contributed by atoms with Gasteiger partial charge in [-0.25, -0.2) is 4.98 Å². The normalized spacial score (nSPS) is 15.5. The number of likely N-dealkylation sites (tertiary alicyclic amines) is 1. The minimum atomic E-state index is 0.0613. The Hall–Kier alpha value is -3.18. The lowest BCUT2D eigenvalue weighted by Gasteiger charge is -2.32. The van der Waals surface area contributed by atoms with Gasteiger partial charge >= 0.3 is 0 Å². The first-order chi connectivity index (χ1) is 15.2. The predicted octanol–water partition coefficient (Wildman–Crippen LogP) is 4.85. The van der Waals surface area contributed by atoms with E-state index in [4.69, 9.17) is 4.98 Å². The minimum Gasteiger partial charge on any atom is -0.328 e. The van der Waals surface area contributed by atoms with Gasteiger partial charge in [-0.1, -0.05) is 48.5 Å². The number of aromatic nitrogens is 2. The van der Waals surface area contributed by atoms with E-state index in [1.54, 1.807) is 0 Å². The maximum Gasteiger partial charge on any atom is 0.238 e. The van der Waals surface area contributed by atoms with Crippen LogP contribution in [0, 0.1) is 12.8 Å². The zero-order valence-electron chi connectivity index (χ0n) is 17.9. The SMILES string of the molecule is Cc1nc2ccccc2n1CC1CCN(CC(=O)Nc2cccc3ccccc23)CC1. The Morgan fingerprint density at radius 2 is 1.74 bits per heavy atom. The molecule has 0 unspecified atom stereocenters. The van der Waals surface area contributed by atoms with E-state index in [0.29, 0.717) is 12.5 Å². The topological polar surface area (TPSA) is 50.2 Å². The molecule has 1 aliphatic heterocycles. The van der Waals surface area contributed by atoms with E-state index in [2.05, 4.69) is 58.1 Å². The summed E-state index contributed by atoms with van der Waals surface area (Å²) in [6.07, 6.45) is 2.21. The number of benzene rings is 3. The van der Waals surface area contributed by atoms with Gasteiger partial charge in [0.05, 0.1) is 17.6 Å². The molecule has 31 heavy (non-hydrogen) atoms. The number of para-hydroxylation sites is 2. The molecule has 0 radical (unpaired) electrons. The molecule has 1 saturated heterocycles. The monoisotopic (exact) mass is 412 g/mol. The number of aryl methyl sites for hydroxylation is 1. The van der Waals surface area contributed by atoms with Crippen molar-refractivity contribution in [3.63, 3.8) is 0 Å². The maximum atomic E-state index is 12.7. The molecule has 5 heteroatoms. The lowest BCUT2D eigenvalue weighted by Crippen LogP contribution is -2.40. The predicted molar refractivity (Wildman–Crippen MR) is 126 cm³/mol. The van der Waals surface area contributed by atoms with Gasteiger partial charge in [-0.05, 0) is 62.4 Å². The summed E-state index contributed by atoms with van der Waals surface area (Å²) in [6, 6.07) is 22.5. The third kappa shape index (κ3) is 4.19. The quantitative estimate of drug-likeness (QED) is 0.510. The molecule has 4 aromatic rings. The van der Waals surface area contributed by atoms with Gasteiger partial charge in [-0.15, -0.1) is 0 Å². The smallest absolute Gasteiger partial charge is 0.238 e. The number of carbonyl (C=O) groups excluding carboxylic acids is 1. The van der Waals surface area contributed by atoms with E-state index in [1.165, 1.54) is 5.52 Å². The summed E-state index contributed by atoms with van der Waals surface area (Å²) in [5.74, 6) is 1.76. The van der Waals surface area contributed by atoms with Crippen molar-refractivity contribution in [1.82, 2.24) is 14.5 Å². The van der Waals surface area contributed by atoms with Crippen LogP contribution in [0.3, 0.4) is 0 Å². The van der Waals surface area contributed by atoms with Gasteiger partial charge < -0.3 is 9.88 Å². The molecule has 158 valence electrons. The fourth-order valence-electron chi connectivity index (χ4n) is 4.74. The van der Waals surface area contributed by atoms with Crippen LogP contribution in [0.4, 0.5) is 5.69 Å². The highest BCUT2D eigenvalue weighted by Gasteiger charge is 2.22. The van der Waals surface area contributed by atoms with E-state index in [1.807, 2.05) is 30.3 Å². The zero-order chi connectivity index (χ0) is 21.2. The molecule has 1 fully saturated rings. The van der Waals surface area contributed by atoms with Crippen LogP contribution in [0.25, 0.3) is 21.8 Å². The summed E-state index contributed by atoms with van der Waals surface area (Å²) in [5.41, 5.74) is 3.18. The first kappa shape index (κ1) is 19.8. The van der Waals surface area contributed by atoms with Crippen LogP contribution in [-0.4, -0.2) is 40.0 Å². The molecule has 1 N–H and O–H groups in total. The zero-order valence-corrected chi connectivity index (χ0v) is 17.9. The number of anilines is 1. The van der Waals surface area contributed by atoms with E-state index >= 15 is 0 Å². The number of nitrogens with zero attached hydrogens (tertiary/aromatic N) is 3. The van der Waals surface area contributed by atoms with E-state index in [0.717, 1.165) is 60.3 Å². The lowest BCUT2D eigenvalue weighted by molar-refractivity contribution is -0.117. The van der Waals surface area contributed by atoms with Crippen LogP contribution in [0.1, 0.15) is 18.7 Å². The molecular weight excluding hydrogens is 384 g/mol. The Labute approximate surface area is 182 Å². The summed E-state index contributed by atoms with van der Waals surface area (Å²) in [7, 11) is 0. The Morgan fingerprint density at radius 3 is 2.61 bits per heavy atom. The van der Waals surface area contributed by atoms with Crippen molar-refractivity contribution in [2.24, 2.45) is 5.92 Å². The van der Waals surface area contributed by atoms with Crippen LogP contribution < -0.4 is 5.32 Å². The average Bonchev–Trinajstić information content (AvgIpc) is 3.10. The van der Waals surface area contributed by atoms with Crippen LogP contribution in [0.5, 0.6) is 0 Å². The number of fused-ring (bicyclic) bond motifs is 2. The van der Waals surface area contributed by atoms with Crippen LogP contribution in [0.15, 0.2) is 66.7 Å². The maximum absolute atomic E-state index is 12.7. The number of hydrogen-bond donors (Lipinski definition) is 1. The van der Waals surface area contributed by atoms with Gasteiger partial charge in [0.25, 0.3) is 0 Å². The van der Waals surface area contributed by atoms with Crippen LogP contribution >= 0.6 is 0 Å². The second-order valence-electron chi connectivity index (χ2n) is 8.55. The van der Waals surface area contributed by atoms with Crippen LogP contribution in [0.2, 0.25) is 0 Å². The molecule has 0 aliphatic carbocycles. The molecule has 1 aromatic heterocycles. The first-order valence-electron chi connectivity index (χ1n) is 11.1. The van der Waals surface area contributed by atoms with Gasteiger partial charge in [0, 0.05) is 17.6 Å². The molecule has 0 atom stereocenters. The molecule has 0 saturated carbocycles. The summed E-state index contributed by atoms with van der Waals surface area (Å²) >= 11 is 0. The largest absolute Gasteiger partial charge is 0.328 e. The van der Waals surface area contributed by atoms with Gasteiger partial charge in [-0.2, -0.15) is 0 Å². The number of carbonyl (C=O) groups is 1. The van der Waals surface area contributed by atoms with Crippen molar-refractivity contribution < 1.29 is 4.79 Å². The highest BCUT2D eigenvalue weighted by atomic mass is 16.2. The first-order valence-corrected chi connectivity index (χ1v) is 11.1. The number of hydrogen-bond acceptors (Lipinski definition) is 3. The number of imidazole rings is 1. The van der Waals surface area contributed by atoms with Crippen molar-refractivity contribution in [3.05, 3.63) is 72.6 Å².